The monoisotopic (exact) mass is 298 g/mol. The molecule has 17 heavy (non-hydrogen) atoms. The number of hydrogen-bond donors (Lipinski definition) is 1. The third-order valence-electron chi connectivity index (χ3n) is 3.52. The molecule has 0 radical (unpaired) electrons. The molecule has 1 aromatic rings. The minimum absolute atomic E-state index is 0.379. The van der Waals surface area contributed by atoms with Crippen LogP contribution in [0.2, 0.25) is 0 Å². The average Bonchev–Trinajstić information content (AvgIpc) is 2.31. The van der Waals surface area contributed by atoms with Crippen LogP contribution in [0.5, 0.6) is 0 Å². The molecule has 0 atom stereocenters. The minimum Gasteiger partial charge on any atom is -0.369 e. The van der Waals surface area contributed by atoms with Crippen molar-refractivity contribution in [1.29, 1.82) is 0 Å². The molecule has 0 amide bonds. The first kappa shape index (κ1) is 12.8. The van der Waals surface area contributed by atoms with E-state index in [2.05, 4.69) is 50.1 Å². The van der Waals surface area contributed by atoms with Gasteiger partial charge in [-0.3, -0.25) is 0 Å². The van der Waals surface area contributed by atoms with Gasteiger partial charge < -0.3 is 10.2 Å². The molecule has 1 aliphatic heterocycles. The number of nitrogens with one attached hydrogen (secondary N) is 1. The fourth-order valence-corrected chi connectivity index (χ4v) is 2.38. The number of halogens is 1. The Morgan fingerprint density at radius 3 is 2.76 bits per heavy atom. The highest BCUT2D eigenvalue weighted by atomic mass is 79.9. The lowest BCUT2D eigenvalue weighted by Crippen LogP contribution is -2.40. The zero-order valence-electron chi connectivity index (χ0n) is 10.4. The van der Waals surface area contributed by atoms with Crippen LogP contribution >= 0.6 is 15.9 Å². The number of rotatable bonds is 3. The first-order valence-corrected chi connectivity index (χ1v) is 6.77. The molecular formula is C12H19BrN4. The molecule has 1 fully saturated rings. The van der Waals surface area contributed by atoms with Gasteiger partial charge in [0, 0.05) is 12.6 Å². The van der Waals surface area contributed by atoms with Gasteiger partial charge in [0.15, 0.2) is 0 Å². The predicted octanol–water partition coefficient (Wildman–Crippen LogP) is 2.38. The van der Waals surface area contributed by atoms with Gasteiger partial charge in [-0.05, 0) is 54.3 Å². The highest BCUT2D eigenvalue weighted by molar-refractivity contribution is 9.10. The van der Waals surface area contributed by atoms with Crippen molar-refractivity contribution in [3.63, 3.8) is 0 Å². The second kappa shape index (κ2) is 5.31. The fraction of sp³-hybridized carbons (Fsp3) is 0.667. The van der Waals surface area contributed by atoms with Crippen molar-refractivity contribution >= 4 is 21.7 Å². The molecule has 2 rings (SSSR count). The minimum atomic E-state index is 0.379. The van der Waals surface area contributed by atoms with Gasteiger partial charge in [-0.1, -0.05) is 6.92 Å². The van der Waals surface area contributed by atoms with Crippen LogP contribution in [0.1, 0.15) is 19.8 Å². The first-order valence-electron chi connectivity index (χ1n) is 5.97. The zero-order valence-corrected chi connectivity index (χ0v) is 12.0. The summed E-state index contributed by atoms with van der Waals surface area (Å²) < 4.78 is 0.823. The van der Waals surface area contributed by atoms with Crippen molar-refractivity contribution in [1.82, 2.24) is 14.9 Å². The Bertz CT molecular complexity index is 375. The van der Waals surface area contributed by atoms with Crippen LogP contribution in [0.15, 0.2) is 17.0 Å². The number of anilines is 1. The van der Waals surface area contributed by atoms with Crippen molar-refractivity contribution < 1.29 is 0 Å². The van der Waals surface area contributed by atoms with Crippen molar-refractivity contribution in [2.75, 3.05) is 32.0 Å². The number of likely N-dealkylation sites (tertiary alicyclic amines) is 1. The lowest BCUT2D eigenvalue weighted by molar-refractivity contribution is 0.150. The second-order valence-electron chi connectivity index (χ2n) is 5.19. The normalized spacial score (nSPS) is 20.2. The molecule has 0 bridgehead atoms. The topological polar surface area (TPSA) is 41.0 Å². The van der Waals surface area contributed by atoms with Crippen molar-refractivity contribution in [2.24, 2.45) is 5.41 Å². The summed E-state index contributed by atoms with van der Waals surface area (Å²) in [5, 5.41) is 3.41. The third kappa shape index (κ3) is 3.64. The highest BCUT2D eigenvalue weighted by Crippen LogP contribution is 2.30. The van der Waals surface area contributed by atoms with Crippen LogP contribution in [0.25, 0.3) is 0 Å². The number of aromatic nitrogens is 2. The van der Waals surface area contributed by atoms with Crippen LogP contribution in [-0.2, 0) is 0 Å². The van der Waals surface area contributed by atoms with Crippen LogP contribution in [0, 0.1) is 5.41 Å². The number of hydrogen-bond acceptors (Lipinski definition) is 4. The lowest BCUT2D eigenvalue weighted by atomic mass is 9.80. The van der Waals surface area contributed by atoms with E-state index in [4.69, 9.17) is 0 Å². The van der Waals surface area contributed by atoms with Crippen molar-refractivity contribution in [2.45, 2.75) is 19.8 Å². The Hall–Kier alpha value is -0.680. The summed E-state index contributed by atoms with van der Waals surface area (Å²) in [5.41, 5.74) is 0.379. The zero-order chi connectivity index (χ0) is 12.3. The molecule has 0 aromatic carbocycles. The molecule has 1 saturated heterocycles. The Balaban J connectivity index is 1.89. The summed E-state index contributed by atoms with van der Waals surface area (Å²) in [4.78, 5) is 10.6. The summed E-state index contributed by atoms with van der Waals surface area (Å²) >= 11 is 3.35. The van der Waals surface area contributed by atoms with Gasteiger partial charge >= 0.3 is 0 Å². The summed E-state index contributed by atoms with van der Waals surface area (Å²) in [7, 11) is 2.19. The molecule has 4 nitrogen and oxygen atoms in total. The molecule has 2 heterocycles. The largest absolute Gasteiger partial charge is 0.369 e. The quantitative estimate of drug-likeness (QED) is 0.870. The van der Waals surface area contributed by atoms with Gasteiger partial charge in [0.05, 0.1) is 0 Å². The predicted molar refractivity (Wildman–Crippen MR) is 73.1 cm³/mol. The van der Waals surface area contributed by atoms with E-state index in [1.807, 2.05) is 6.07 Å². The molecule has 1 aliphatic rings. The van der Waals surface area contributed by atoms with E-state index in [-0.39, 0.29) is 0 Å². The van der Waals surface area contributed by atoms with Gasteiger partial charge in [-0.25, -0.2) is 9.97 Å². The highest BCUT2D eigenvalue weighted by Gasteiger charge is 2.28. The van der Waals surface area contributed by atoms with Gasteiger partial charge in [0.1, 0.15) is 16.7 Å². The fourth-order valence-electron chi connectivity index (χ4n) is 2.07. The van der Waals surface area contributed by atoms with Crippen molar-refractivity contribution in [3.8, 4) is 0 Å². The van der Waals surface area contributed by atoms with Gasteiger partial charge in [-0.15, -0.1) is 0 Å². The van der Waals surface area contributed by atoms with Crippen LogP contribution < -0.4 is 5.32 Å². The molecule has 0 aliphatic carbocycles. The lowest BCUT2D eigenvalue weighted by Gasteiger charge is -2.38. The molecular weight excluding hydrogens is 280 g/mol. The van der Waals surface area contributed by atoms with Crippen LogP contribution in [-0.4, -0.2) is 41.5 Å². The first-order chi connectivity index (χ1) is 8.07. The van der Waals surface area contributed by atoms with E-state index in [1.165, 1.54) is 25.9 Å². The van der Waals surface area contributed by atoms with E-state index < -0.39 is 0 Å². The van der Waals surface area contributed by atoms with E-state index in [0.717, 1.165) is 17.0 Å². The average molecular weight is 299 g/mol. The van der Waals surface area contributed by atoms with Gasteiger partial charge in [0.2, 0.25) is 0 Å². The SMILES string of the molecule is CN1CCC(C)(CNc2cc(Br)ncn2)CC1. The maximum atomic E-state index is 4.21. The number of nitrogens with zero attached hydrogens (tertiary/aromatic N) is 3. The molecule has 1 N–H and O–H groups in total. The Morgan fingerprint density at radius 2 is 2.12 bits per heavy atom. The number of piperidine rings is 1. The summed E-state index contributed by atoms with van der Waals surface area (Å²) in [5.74, 6) is 0.895. The Morgan fingerprint density at radius 1 is 1.41 bits per heavy atom. The molecule has 0 spiro atoms. The Kier molecular flexibility index (Phi) is 3.99. The van der Waals surface area contributed by atoms with Gasteiger partial charge in [0.25, 0.3) is 0 Å². The second-order valence-corrected chi connectivity index (χ2v) is 6.01. The maximum absolute atomic E-state index is 4.21. The van der Waals surface area contributed by atoms with E-state index >= 15 is 0 Å². The van der Waals surface area contributed by atoms with Crippen LogP contribution in [0.3, 0.4) is 0 Å². The summed E-state index contributed by atoms with van der Waals surface area (Å²) in [6.45, 7) is 5.70. The summed E-state index contributed by atoms with van der Waals surface area (Å²) in [6.07, 6.45) is 4.05. The molecule has 0 unspecified atom stereocenters. The molecule has 0 saturated carbocycles. The van der Waals surface area contributed by atoms with Crippen LogP contribution in [0.4, 0.5) is 5.82 Å². The molecule has 1 aromatic heterocycles. The third-order valence-corrected chi connectivity index (χ3v) is 3.96. The summed E-state index contributed by atoms with van der Waals surface area (Å²) in [6, 6.07) is 1.91. The van der Waals surface area contributed by atoms with Crippen molar-refractivity contribution in [3.05, 3.63) is 17.0 Å². The van der Waals surface area contributed by atoms with E-state index in [0.29, 0.717) is 5.41 Å². The smallest absolute Gasteiger partial charge is 0.130 e. The molecule has 94 valence electrons. The van der Waals surface area contributed by atoms with E-state index in [1.54, 1.807) is 6.33 Å². The standard InChI is InChI=1S/C12H19BrN4/c1-12(3-5-17(2)6-4-12)8-14-11-7-10(13)15-9-16-11/h7,9H,3-6,8H2,1-2H3,(H,14,15,16). The molecule has 5 heteroatoms. The van der Waals surface area contributed by atoms with Gasteiger partial charge in [-0.2, -0.15) is 0 Å². The maximum Gasteiger partial charge on any atom is 0.130 e. The van der Waals surface area contributed by atoms with E-state index in [9.17, 15) is 0 Å². The Labute approximate surface area is 111 Å².